The first-order valence-electron chi connectivity index (χ1n) is 8.14. The Balaban J connectivity index is 2.54. The van der Waals surface area contributed by atoms with E-state index in [-0.39, 0.29) is 12.0 Å². The highest BCUT2D eigenvalue weighted by Gasteiger charge is 2.31. The molecule has 0 radical (unpaired) electrons. The van der Waals surface area contributed by atoms with Gasteiger partial charge in [-0.05, 0) is 38.0 Å². The summed E-state index contributed by atoms with van der Waals surface area (Å²) >= 11 is 0. The molecular formula is C16H32N2O. The lowest BCUT2D eigenvalue weighted by atomic mass is 9.79. The largest absolute Gasteiger partial charge is 0.342 e. The average Bonchev–Trinajstić information content (AvgIpc) is 2.41. The summed E-state index contributed by atoms with van der Waals surface area (Å²) in [5.74, 6) is 1.12. The van der Waals surface area contributed by atoms with E-state index < -0.39 is 0 Å². The third-order valence-corrected chi connectivity index (χ3v) is 4.48. The van der Waals surface area contributed by atoms with Crippen molar-refractivity contribution >= 4 is 5.91 Å². The summed E-state index contributed by atoms with van der Waals surface area (Å²) < 4.78 is 0. The zero-order valence-electron chi connectivity index (χ0n) is 13.0. The van der Waals surface area contributed by atoms with Gasteiger partial charge in [0.05, 0.1) is 0 Å². The molecule has 3 heteroatoms. The van der Waals surface area contributed by atoms with E-state index in [4.69, 9.17) is 5.73 Å². The highest BCUT2D eigenvalue weighted by molar-refractivity contribution is 5.79. The summed E-state index contributed by atoms with van der Waals surface area (Å²) in [6.45, 7) is 8.42. The van der Waals surface area contributed by atoms with Gasteiger partial charge < -0.3 is 10.6 Å². The van der Waals surface area contributed by atoms with Crippen molar-refractivity contribution in [2.24, 2.45) is 17.6 Å². The minimum absolute atomic E-state index is 0.180. The maximum absolute atomic E-state index is 12.6. The SMILES string of the molecule is CCCCN(CCCC)C(=O)C1CCC(C)C(N)C1. The van der Waals surface area contributed by atoms with Crippen molar-refractivity contribution in [3.63, 3.8) is 0 Å². The van der Waals surface area contributed by atoms with E-state index in [0.717, 1.165) is 58.0 Å². The Morgan fingerprint density at radius 2 is 1.74 bits per heavy atom. The second-order valence-electron chi connectivity index (χ2n) is 6.18. The van der Waals surface area contributed by atoms with Gasteiger partial charge in [0, 0.05) is 25.0 Å². The van der Waals surface area contributed by atoms with Crippen LogP contribution in [0.1, 0.15) is 65.7 Å². The fourth-order valence-electron chi connectivity index (χ4n) is 2.87. The van der Waals surface area contributed by atoms with E-state index in [1.807, 2.05) is 0 Å². The molecule has 1 aliphatic rings. The van der Waals surface area contributed by atoms with Crippen LogP contribution in [0.4, 0.5) is 0 Å². The second kappa shape index (κ2) is 8.57. The third-order valence-electron chi connectivity index (χ3n) is 4.48. The zero-order chi connectivity index (χ0) is 14.3. The smallest absolute Gasteiger partial charge is 0.225 e. The van der Waals surface area contributed by atoms with E-state index in [1.54, 1.807) is 0 Å². The molecule has 3 nitrogen and oxygen atoms in total. The number of hydrogen-bond donors (Lipinski definition) is 1. The highest BCUT2D eigenvalue weighted by Crippen LogP contribution is 2.29. The second-order valence-corrected chi connectivity index (χ2v) is 6.18. The van der Waals surface area contributed by atoms with E-state index in [1.165, 1.54) is 0 Å². The van der Waals surface area contributed by atoms with Gasteiger partial charge in [-0.15, -0.1) is 0 Å². The van der Waals surface area contributed by atoms with Crippen LogP contribution >= 0.6 is 0 Å². The Morgan fingerprint density at radius 1 is 1.16 bits per heavy atom. The van der Waals surface area contributed by atoms with Crippen LogP contribution in [0.15, 0.2) is 0 Å². The van der Waals surface area contributed by atoms with E-state index in [0.29, 0.717) is 11.8 Å². The van der Waals surface area contributed by atoms with Gasteiger partial charge in [0.15, 0.2) is 0 Å². The molecule has 0 saturated heterocycles. The molecule has 0 heterocycles. The first-order chi connectivity index (χ1) is 9.10. The fourth-order valence-corrected chi connectivity index (χ4v) is 2.87. The molecule has 112 valence electrons. The van der Waals surface area contributed by atoms with Crippen LogP contribution in [0, 0.1) is 11.8 Å². The monoisotopic (exact) mass is 268 g/mol. The van der Waals surface area contributed by atoms with Gasteiger partial charge >= 0.3 is 0 Å². The summed E-state index contributed by atoms with van der Waals surface area (Å²) in [5.41, 5.74) is 6.14. The molecule has 0 aromatic heterocycles. The molecule has 0 aromatic carbocycles. The Morgan fingerprint density at radius 3 is 2.21 bits per heavy atom. The Kier molecular flexibility index (Phi) is 7.44. The number of rotatable bonds is 7. The zero-order valence-corrected chi connectivity index (χ0v) is 13.0. The summed E-state index contributed by atoms with van der Waals surface area (Å²) in [5, 5.41) is 0. The lowest BCUT2D eigenvalue weighted by molar-refractivity contribution is -0.137. The summed E-state index contributed by atoms with van der Waals surface area (Å²) in [4.78, 5) is 14.7. The molecule has 1 saturated carbocycles. The minimum Gasteiger partial charge on any atom is -0.342 e. The van der Waals surface area contributed by atoms with Crippen LogP contribution in [0.5, 0.6) is 0 Å². The predicted molar refractivity (Wildman–Crippen MR) is 80.9 cm³/mol. The molecule has 3 atom stereocenters. The molecule has 1 fully saturated rings. The number of carbonyl (C=O) groups excluding carboxylic acids is 1. The van der Waals surface area contributed by atoms with Gasteiger partial charge in [0.25, 0.3) is 0 Å². The molecule has 2 N–H and O–H groups in total. The Labute approximate surface area is 118 Å². The van der Waals surface area contributed by atoms with Crippen molar-refractivity contribution in [3.05, 3.63) is 0 Å². The quantitative estimate of drug-likeness (QED) is 0.771. The Bertz CT molecular complexity index is 259. The molecule has 0 aliphatic heterocycles. The average molecular weight is 268 g/mol. The molecular weight excluding hydrogens is 236 g/mol. The maximum atomic E-state index is 12.6. The van der Waals surface area contributed by atoms with E-state index in [9.17, 15) is 4.79 Å². The summed E-state index contributed by atoms with van der Waals surface area (Å²) in [7, 11) is 0. The molecule has 0 spiro atoms. The van der Waals surface area contributed by atoms with Gasteiger partial charge in [-0.1, -0.05) is 33.6 Å². The fraction of sp³-hybridized carbons (Fsp3) is 0.938. The highest BCUT2D eigenvalue weighted by atomic mass is 16.2. The van der Waals surface area contributed by atoms with Crippen molar-refractivity contribution in [1.29, 1.82) is 0 Å². The first kappa shape index (κ1) is 16.5. The third kappa shape index (κ3) is 5.13. The van der Waals surface area contributed by atoms with Gasteiger partial charge in [-0.25, -0.2) is 0 Å². The normalized spacial score (nSPS) is 27.3. The van der Waals surface area contributed by atoms with Crippen molar-refractivity contribution in [1.82, 2.24) is 4.90 Å². The number of nitrogens with two attached hydrogens (primary N) is 1. The van der Waals surface area contributed by atoms with Gasteiger partial charge in [0.1, 0.15) is 0 Å². The van der Waals surface area contributed by atoms with Gasteiger partial charge in [-0.3, -0.25) is 4.79 Å². The number of unbranched alkanes of at least 4 members (excludes halogenated alkanes) is 2. The standard InChI is InChI=1S/C16H32N2O/c1-4-6-10-18(11-7-5-2)16(19)14-9-8-13(3)15(17)12-14/h13-15H,4-12,17H2,1-3H3. The number of amides is 1. The molecule has 0 aromatic rings. The van der Waals surface area contributed by atoms with Gasteiger partial charge in [0.2, 0.25) is 5.91 Å². The van der Waals surface area contributed by atoms with Crippen molar-refractivity contribution in [3.8, 4) is 0 Å². The minimum atomic E-state index is 0.180. The number of nitrogens with zero attached hydrogens (tertiary/aromatic N) is 1. The molecule has 1 aliphatic carbocycles. The molecule has 1 amide bonds. The maximum Gasteiger partial charge on any atom is 0.225 e. The first-order valence-corrected chi connectivity index (χ1v) is 8.14. The summed E-state index contributed by atoms with van der Waals surface area (Å²) in [6, 6.07) is 0.210. The van der Waals surface area contributed by atoms with Crippen LogP contribution in [0.2, 0.25) is 0 Å². The van der Waals surface area contributed by atoms with E-state index >= 15 is 0 Å². The van der Waals surface area contributed by atoms with Crippen LogP contribution in [0.3, 0.4) is 0 Å². The van der Waals surface area contributed by atoms with Crippen molar-refractivity contribution in [2.75, 3.05) is 13.1 Å². The summed E-state index contributed by atoms with van der Waals surface area (Å²) in [6.07, 6.45) is 7.55. The lowest BCUT2D eigenvalue weighted by Crippen LogP contribution is -2.43. The van der Waals surface area contributed by atoms with Crippen LogP contribution in [-0.4, -0.2) is 29.9 Å². The van der Waals surface area contributed by atoms with Crippen LogP contribution in [-0.2, 0) is 4.79 Å². The molecule has 3 unspecified atom stereocenters. The molecule has 1 rings (SSSR count). The topological polar surface area (TPSA) is 46.3 Å². The number of hydrogen-bond acceptors (Lipinski definition) is 2. The van der Waals surface area contributed by atoms with Crippen molar-refractivity contribution in [2.45, 2.75) is 71.8 Å². The van der Waals surface area contributed by atoms with Crippen LogP contribution in [0.25, 0.3) is 0 Å². The van der Waals surface area contributed by atoms with Crippen LogP contribution < -0.4 is 5.73 Å². The van der Waals surface area contributed by atoms with Crippen molar-refractivity contribution < 1.29 is 4.79 Å². The molecule has 0 bridgehead atoms. The Hall–Kier alpha value is -0.570. The van der Waals surface area contributed by atoms with E-state index in [2.05, 4.69) is 25.7 Å². The lowest BCUT2D eigenvalue weighted by Gasteiger charge is -2.34. The molecule has 19 heavy (non-hydrogen) atoms. The van der Waals surface area contributed by atoms with Gasteiger partial charge in [-0.2, -0.15) is 0 Å². The number of carbonyl (C=O) groups is 1. The predicted octanol–water partition coefficient (Wildman–Crippen LogP) is 3.18.